The first-order valence-electron chi connectivity index (χ1n) is 7.66. The minimum absolute atomic E-state index is 0.00597. The lowest BCUT2D eigenvalue weighted by molar-refractivity contribution is 0.285. The van der Waals surface area contributed by atoms with Crippen LogP contribution in [0.25, 0.3) is 0 Å². The number of benzene rings is 1. The Kier molecular flexibility index (Phi) is 2.58. The summed E-state index contributed by atoms with van der Waals surface area (Å²) in [5.74, 6) is 0.686. The van der Waals surface area contributed by atoms with Crippen molar-refractivity contribution in [2.75, 3.05) is 32.6 Å². The predicted molar refractivity (Wildman–Crippen MR) is 74.5 cm³/mol. The summed E-state index contributed by atoms with van der Waals surface area (Å²) in [5.41, 5.74) is 2.09. The number of likely N-dealkylation sites (tertiary alicyclic amines) is 1. The van der Waals surface area contributed by atoms with Crippen molar-refractivity contribution >= 4 is 5.69 Å². The minimum Gasteiger partial charge on any atom is -0.497 e. The van der Waals surface area contributed by atoms with Gasteiger partial charge < -0.3 is 15.0 Å². The van der Waals surface area contributed by atoms with Gasteiger partial charge in [0, 0.05) is 26.9 Å². The maximum atomic E-state index is 8.65. The van der Waals surface area contributed by atoms with E-state index in [1.165, 1.54) is 0 Å². The van der Waals surface area contributed by atoms with Crippen LogP contribution in [0.2, 0.25) is 0 Å². The van der Waals surface area contributed by atoms with Gasteiger partial charge in [-0.1, -0.05) is 0 Å². The lowest BCUT2D eigenvalue weighted by atomic mass is 9.93. The number of hydrogen-bond donors (Lipinski definition) is 1. The Bertz CT molecular complexity index is 507. The van der Waals surface area contributed by atoms with Gasteiger partial charge >= 0.3 is 0 Å². The topological polar surface area (TPSA) is 24.5 Å². The second-order valence-corrected chi connectivity index (χ2v) is 5.19. The summed E-state index contributed by atoms with van der Waals surface area (Å²) >= 11 is 0. The molecule has 1 aromatic rings. The number of fused-ring (bicyclic) bond motifs is 1. The van der Waals surface area contributed by atoms with E-state index in [2.05, 4.69) is 10.2 Å². The fourth-order valence-electron chi connectivity index (χ4n) is 2.94. The predicted octanol–water partition coefficient (Wildman–Crippen LogP) is 2.69. The molecular formula is C15H22N2O. The highest BCUT2D eigenvalue weighted by Crippen LogP contribution is 2.38. The van der Waals surface area contributed by atoms with Crippen LogP contribution in [-0.2, 0) is 0 Å². The molecule has 1 saturated heterocycles. The zero-order chi connectivity index (χ0) is 14.3. The number of methoxy groups -OCH3 is 1. The number of nitrogens with one attached hydrogen (secondary N) is 1. The Balaban J connectivity index is 1.93. The van der Waals surface area contributed by atoms with Crippen molar-refractivity contribution in [1.29, 1.82) is 0 Å². The molecule has 0 amide bonds. The first-order valence-corrected chi connectivity index (χ1v) is 6.66. The molecule has 0 saturated carbocycles. The summed E-state index contributed by atoms with van der Waals surface area (Å²) in [5, 5.41) is 3.33. The first kappa shape index (κ1) is 9.68. The average molecular weight is 248 g/mol. The third-order valence-corrected chi connectivity index (χ3v) is 4.04. The Morgan fingerprint density at radius 2 is 2.44 bits per heavy atom. The lowest BCUT2D eigenvalue weighted by Crippen LogP contribution is -2.27. The standard InChI is InChI=1S/C15H22N2O/c1-17-7-3-4-12(17)8-11-10-16-15-6-5-13(18-2)9-14(11)15/h5-6,9,11-12,16H,3-4,7-8,10H2,1-2H3/t11?,12-/m0/s1/i8D2. The molecule has 3 heteroatoms. The molecule has 0 radical (unpaired) electrons. The Morgan fingerprint density at radius 3 is 3.17 bits per heavy atom. The smallest absolute Gasteiger partial charge is 0.119 e. The molecule has 98 valence electrons. The van der Waals surface area contributed by atoms with Crippen LogP contribution in [0, 0.1) is 0 Å². The van der Waals surface area contributed by atoms with Crippen molar-refractivity contribution in [2.45, 2.75) is 31.2 Å². The molecule has 1 unspecified atom stereocenters. The van der Waals surface area contributed by atoms with Crippen LogP contribution >= 0.6 is 0 Å². The molecule has 3 rings (SSSR count). The van der Waals surface area contributed by atoms with E-state index in [0.29, 0.717) is 6.54 Å². The highest BCUT2D eigenvalue weighted by molar-refractivity contribution is 5.60. The van der Waals surface area contributed by atoms with Gasteiger partial charge in [0.2, 0.25) is 0 Å². The molecule has 2 aliphatic heterocycles. The molecule has 1 fully saturated rings. The van der Waals surface area contributed by atoms with Gasteiger partial charge in [0.15, 0.2) is 0 Å². The minimum atomic E-state index is -1.23. The van der Waals surface area contributed by atoms with Gasteiger partial charge in [0.05, 0.1) is 7.11 Å². The third-order valence-electron chi connectivity index (χ3n) is 4.04. The number of nitrogens with zero attached hydrogens (tertiary/aromatic N) is 1. The second kappa shape index (κ2) is 4.81. The largest absolute Gasteiger partial charge is 0.497 e. The number of anilines is 1. The summed E-state index contributed by atoms with van der Waals surface area (Å²) in [6, 6.07) is 5.90. The van der Waals surface area contributed by atoms with Crippen LogP contribution in [0.4, 0.5) is 5.69 Å². The molecule has 2 aliphatic rings. The molecule has 2 heterocycles. The van der Waals surface area contributed by atoms with E-state index >= 15 is 0 Å². The Hall–Kier alpha value is -1.22. The fraction of sp³-hybridized carbons (Fsp3) is 0.600. The second-order valence-electron chi connectivity index (χ2n) is 5.19. The number of hydrogen-bond acceptors (Lipinski definition) is 3. The summed E-state index contributed by atoms with van der Waals surface area (Å²) in [6.07, 6.45) is 0.807. The molecule has 0 aromatic heterocycles. The number of rotatable bonds is 3. The highest BCUT2D eigenvalue weighted by Gasteiger charge is 2.29. The molecule has 1 N–H and O–H groups in total. The molecular weight excluding hydrogens is 224 g/mol. The van der Waals surface area contributed by atoms with Crippen molar-refractivity contribution in [3.63, 3.8) is 0 Å². The van der Waals surface area contributed by atoms with Crippen molar-refractivity contribution in [1.82, 2.24) is 4.90 Å². The Morgan fingerprint density at radius 1 is 1.56 bits per heavy atom. The zero-order valence-corrected chi connectivity index (χ0v) is 11.1. The van der Waals surface area contributed by atoms with Crippen LogP contribution in [0.1, 0.15) is 33.4 Å². The lowest BCUT2D eigenvalue weighted by Gasteiger charge is -2.22. The van der Waals surface area contributed by atoms with E-state index in [0.717, 1.165) is 36.4 Å². The maximum absolute atomic E-state index is 8.65. The van der Waals surface area contributed by atoms with Crippen molar-refractivity contribution < 1.29 is 7.48 Å². The van der Waals surface area contributed by atoms with Gasteiger partial charge in [-0.3, -0.25) is 0 Å². The third kappa shape index (κ3) is 2.07. The van der Waals surface area contributed by atoms with Crippen LogP contribution in [0.15, 0.2) is 18.2 Å². The van der Waals surface area contributed by atoms with Gasteiger partial charge in [0.25, 0.3) is 0 Å². The quantitative estimate of drug-likeness (QED) is 0.890. The van der Waals surface area contributed by atoms with Gasteiger partial charge in [-0.25, -0.2) is 0 Å². The normalized spacial score (nSPS) is 29.4. The zero-order valence-electron chi connectivity index (χ0n) is 13.1. The van der Waals surface area contributed by atoms with Crippen LogP contribution in [0.5, 0.6) is 5.75 Å². The van der Waals surface area contributed by atoms with E-state index in [9.17, 15) is 0 Å². The molecule has 0 bridgehead atoms. The maximum Gasteiger partial charge on any atom is 0.119 e. The van der Waals surface area contributed by atoms with Crippen LogP contribution in [-0.4, -0.2) is 38.2 Å². The van der Waals surface area contributed by atoms with Crippen molar-refractivity contribution in [3.05, 3.63) is 23.8 Å². The summed E-state index contributed by atoms with van der Waals surface area (Å²) < 4.78 is 22.6. The molecule has 0 aliphatic carbocycles. The summed E-state index contributed by atoms with van der Waals surface area (Å²) in [7, 11) is 3.68. The number of ether oxygens (including phenoxy) is 1. The van der Waals surface area contributed by atoms with E-state index in [1.807, 2.05) is 25.2 Å². The van der Waals surface area contributed by atoms with Gasteiger partial charge in [0.1, 0.15) is 5.75 Å². The molecule has 18 heavy (non-hydrogen) atoms. The average Bonchev–Trinajstić information content (AvgIpc) is 3.04. The fourth-order valence-corrected chi connectivity index (χ4v) is 2.94. The van der Waals surface area contributed by atoms with Crippen LogP contribution in [0.3, 0.4) is 0 Å². The summed E-state index contributed by atoms with van der Waals surface area (Å²) in [6.45, 7) is 1.66. The summed E-state index contributed by atoms with van der Waals surface area (Å²) in [4.78, 5) is 2.16. The molecule has 3 nitrogen and oxygen atoms in total. The van der Waals surface area contributed by atoms with Crippen LogP contribution < -0.4 is 10.1 Å². The molecule has 1 aromatic carbocycles. The Labute approximate surface area is 112 Å². The van der Waals surface area contributed by atoms with Crippen molar-refractivity contribution in [2.24, 2.45) is 0 Å². The van der Waals surface area contributed by atoms with Gasteiger partial charge in [-0.15, -0.1) is 0 Å². The highest BCUT2D eigenvalue weighted by atomic mass is 16.5. The van der Waals surface area contributed by atoms with E-state index in [4.69, 9.17) is 7.48 Å². The monoisotopic (exact) mass is 248 g/mol. The first-order chi connectivity index (χ1) is 9.54. The molecule has 0 spiro atoms. The van der Waals surface area contributed by atoms with Gasteiger partial charge in [-0.05, 0) is 56.6 Å². The van der Waals surface area contributed by atoms with Gasteiger partial charge in [-0.2, -0.15) is 0 Å². The van der Waals surface area contributed by atoms with Crippen molar-refractivity contribution in [3.8, 4) is 5.75 Å². The van der Waals surface area contributed by atoms with E-state index in [-0.39, 0.29) is 12.0 Å². The van der Waals surface area contributed by atoms with E-state index in [1.54, 1.807) is 7.11 Å². The molecule has 2 atom stereocenters. The SMILES string of the molecule is [2H]C([2H])(C1CNc2ccc(OC)cc21)[C@@H]1CCCN1C. The van der Waals surface area contributed by atoms with E-state index < -0.39 is 6.37 Å².